The fourth-order valence-corrected chi connectivity index (χ4v) is 6.65. The summed E-state index contributed by atoms with van der Waals surface area (Å²) >= 11 is 14.9. The minimum atomic E-state index is -0.721. The first-order valence-corrected chi connectivity index (χ1v) is 18.2. The van der Waals surface area contributed by atoms with Crippen LogP contribution >= 0.6 is 34.5 Å². The average molecular weight is 782 g/mol. The van der Waals surface area contributed by atoms with Crippen LogP contribution < -0.4 is 15.4 Å². The monoisotopic (exact) mass is 780 g/mol. The molecular weight excluding hydrogens is 743 g/mol. The summed E-state index contributed by atoms with van der Waals surface area (Å²) in [5.74, 6) is -0.771. The van der Waals surface area contributed by atoms with Crippen molar-refractivity contribution in [3.63, 3.8) is 0 Å². The third-order valence-electron chi connectivity index (χ3n) is 7.73. The number of pyridine rings is 2. The molecule has 5 rings (SSSR count). The average Bonchev–Trinajstić information content (AvgIpc) is 3.76. The molecule has 3 aromatic heterocycles. The lowest BCUT2D eigenvalue weighted by Gasteiger charge is -2.29. The van der Waals surface area contributed by atoms with Crippen LogP contribution in [-0.2, 0) is 25.6 Å². The number of thiazole rings is 1. The van der Waals surface area contributed by atoms with Crippen molar-refractivity contribution >= 4 is 70.2 Å². The number of nitrogens with one attached hydrogen (secondary N) is 2. The lowest BCUT2D eigenvalue weighted by molar-refractivity contribution is -0.137. The molecule has 278 valence electrons. The standard InChI is InChI=1S/C37H38Cl2N6O7S/c1-6-51-29(47)15-12-23-18-41-35(53-23)33(48)43-27-9-7-8-25(30(27)38)32-31(39)24(16-17-40-32)26-13-10-21(34(44-26)50-5)19-45(36(49)52-37(2,3)4)20-22-11-14-28(46)42-22/h7-10,12-13,15-18,22H,6,11,14,19-20H2,1-5H3,(H,42,46)(H,43,48)/b15-12+/t22-/m0/s1. The molecule has 1 aliphatic heterocycles. The number of carbonyl (C=O) groups excluding carboxylic acids is 4. The molecule has 0 spiro atoms. The largest absolute Gasteiger partial charge is 0.481 e. The van der Waals surface area contributed by atoms with Crippen molar-refractivity contribution < 1.29 is 33.4 Å². The Hall–Kier alpha value is -5.05. The van der Waals surface area contributed by atoms with Crippen LogP contribution in [0.5, 0.6) is 5.88 Å². The Bertz CT molecular complexity index is 2050. The second kappa shape index (κ2) is 17.2. The molecule has 1 aromatic carbocycles. The molecule has 1 atom stereocenters. The third-order valence-corrected chi connectivity index (χ3v) is 9.48. The fourth-order valence-electron chi connectivity index (χ4n) is 5.36. The number of esters is 1. The van der Waals surface area contributed by atoms with E-state index >= 15 is 0 Å². The molecule has 0 aliphatic carbocycles. The van der Waals surface area contributed by atoms with E-state index in [2.05, 4.69) is 20.6 Å². The number of hydrogen-bond acceptors (Lipinski definition) is 11. The Morgan fingerprint density at radius 3 is 2.58 bits per heavy atom. The fraction of sp³-hybridized carbons (Fsp3) is 0.324. The van der Waals surface area contributed by atoms with Crippen LogP contribution in [0, 0.1) is 0 Å². The Kier molecular flexibility index (Phi) is 12.7. The summed E-state index contributed by atoms with van der Waals surface area (Å²) in [6.45, 7) is 7.71. The highest BCUT2D eigenvalue weighted by molar-refractivity contribution is 7.14. The van der Waals surface area contributed by atoms with E-state index in [1.54, 1.807) is 70.3 Å². The van der Waals surface area contributed by atoms with Gasteiger partial charge in [-0.1, -0.05) is 35.3 Å². The van der Waals surface area contributed by atoms with Gasteiger partial charge in [-0.15, -0.1) is 11.3 Å². The molecule has 4 aromatic rings. The summed E-state index contributed by atoms with van der Waals surface area (Å²) < 4.78 is 16.2. The van der Waals surface area contributed by atoms with E-state index in [-0.39, 0.29) is 52.6 Å². The minimum Gasteiger partial charge on any atom is -0.481 e. The van der Waals surface area contributed by atoms with Crippen LogP contribution in [0.3, 0.4) is 0 Å². The predicted octanol–water partition coefficient (Wildman–Crippen LogP) is 7.43. The Balaban J connectivity index is 1.37. The van der Waals surface area contributed by atoms with E-state index in [1.165, 1.54) is 30.4 Å². The number of rotatable bonds is 12. The van der Waals surface area contributed by atoms with Crippen LogP contribution in [0.25, 0.3) is 28.6 Å². The minimum absolute atomic E-state index is 0.0541. The smallest absolute Gasteiger partial charge is 0.410 e. The zero-order valence-electron chi connectivity index (χ0n) is 29.7. The molecule has 2 N–H and O–H groups in total. The molecule has 1 aliphatic rings. The van der Waals surface area contributed by atoms with Crippen molar-refractivity contribution in [2.24, 2.45) is 0 Å². The van der Waals surface area contributed by atoms with Gasteiger partial charge in [0, 0.05) is 59.0 Å². The normalized spacial score (nSPS) is 14.2. The molecular formula is C37H38Cl2N6O7S. The maximum absolute atomic E-state index is 13.2. The number of ether oxygens (including phenoxy) is 3. The molecule has 0 unspecified atom stereocenters. The summed E-state index contributed by atoms with van der Waals surface area (Å²) in [6, 6.07) is 10.1. The predicted molar refractivity (Wildman–Crippen MR) is 203 cm³/mol. The second-order valence-corrected chi connectivity index (χ2v) is 14.6. The van der Waals surface area contributed by atoms with Crippen molar-refractivity contribution in [1.29, 1.82) is 0 Å². The SMILES string of the molecule is CCOC(=O)/C=C/c1cnc(C(=O)Nc2cccc(-c3nccc(-c4ccc(CN(C[C@@H]5CCC(=O)N5)C(=O)OC(C)(C)C)c(OC)n4)c3Cl)c2Cl)s1. The van der Waals surface area contributed by atoms with Gasteiger partial charge in [-0.25, -0.2) is 19.6 Å². The highest BCUT2D eigenvalue weighted by atomic mass is 35.5. The quantitative estimate of drug-likeness (QED) is 0.109. The van der Waals surface area contributed by atoms with Gasteiger partial charge in [-0.05, 0) is 64.5 Å². The molecule has 1 saturated heterocycles. The van der Waals surface area contributed by atoms with Crippen molar-refractivity contribution in [2.75, 3.05) is 25.6 Å². The van der Waals surface area contributed by atoms with Gasteiger partial charge in [0.25, 0.3) is 5.91 Å². The highest BCUT2D eigenvalue weighted by Gasteiger charge is 2.29. The van der Waals surface area contributed by atoms with Gasteiger partial charge in [0.15, 0.2) is 5.01 Å². The Morgan fingerprint density at radius 1 is 1.09 bits per heavy atom. The highest BCUT2D eigenvalue weighted by Crippen LogP contribution is 2.40. The van der Waals surface area contributed by atoms with E-state index in [1.807, 2.05) is 0 Å². The Morgan fingerprint density at radius 2 is 1.89 bits per heavy atom. The van der Waals surface area contributed by atoms with Crippen molar-refractivity contribution in [3.8, 4) is 28.4 Å². The third kappa shape index (κ3) is 10.1. The zero-order chi connectivity index (χ0) is 38.3. The van der Waals surface area contributed by atoms with Gasteiger partial charge < -0.3 is 29.7 Å². The molecule has 16 heteroatoms. The molecule has 3 amide bonds. The van der Waals surface area contributed by atoms with E-state index in [0.29, 0.717) is 51.5 Å². The summed E-state index contributed by atoms with van der Waals surface area (Å²) in [7, 11) is 1.48. The van der Waals surface area contributed by atoms with Crippen molar-refractivity contribution in [3.05, 3.63) is 80.4 Å². The number of amides is 3. The molecule has 0 bridgehead atoms. The molecule has 0 saturated carbocycles. The van der Waals surface area contributed by atoms with Crippen LogP contribution in [-0.4, -0.2) is 75.6 Å². The maximum Gasteiger partial charge on any atom is 0.410 e. The van der Waals surface area contributed by atoms with Crippen LogP contribution in [0.4, 0.5) is 10.5 Å². The zero-order valence-corrected chi connectivity index (χ0v) is 32.0. The lowest BCUT2D eigenvalue weighted by atomic mass is 10.1. The number of carbonyl (C=O) groups is 4. The van der Waals surface area contributed by atoms with Gasteiger partial charge >= 0.3 is 12.1 Å². The van der Waals surface area contributed by atoms with E-state index in [0.717, 1.165) is 11.3 Å². The molecule has 13 nitrogen and oxygen atoms in total. The number of benzene rings is 1. The molecule has 4 heterocycles. The first-order valence-electron chi connectivity index (χ1n) is 16.6. The van der Waals surface area contributed by atoms with Crippen molar-refractivity contribution in [1.82, 2.24) is 25.2 Å². The molecule has 0 radical (unpaired) electrons. The first-order chi connectivity index (χ1) is 25.3. The van der Waals surface area contributed by atoms with E-state index < -0.39 is 23.6 Å². The summed E-state index contributed by atoms with van der Waals surface area (Å²) in [4.78, 5) is 65.3. The number of nitrogens with zero attached hydrogens (tertiary/aromatic N) is 4. The Labute approximate surface area is 320 Å². The lowest BCUT2D eigenvalue weighted by Crippen LogP contribution is -2.43. The van der Waals surface area contributed by atoms with Crippen LogP contribution in [0.1, 0.15) is 60.8 Å². The van der Waals surface area contributed by atoms with Gasteiger partial charge in [-0.2, -0.15) is 0 Å². The van der Waals surface area contributed by atoms with Gasteiger partial charge in [0.2, 0.25) is 11.8 Å². The van der Waals surface area contributed by atoms with Gasteiger partial charge in [0.1, 0.15) is 5.60 Å². The number of halogens is 2. The van der Waals surface area contributed by atoms with Crippen molar-refractivity contribution in [2.45, 2.75) is 58.7 Å². The molecule has 53 heavy (non-hydrogen) atoms. The second-order valence-electron chi connectivity index (χ2n) is 12.8. The maximum atomic E-state index is 13.2. The van der Waals surface area contributed by atoms with Gasteiger partial charge in [-0.3, -0.25) is 14.6 Å². The van der Waals surface area contributed by atoms with Crippen LogP contribution in [0.2, 0.25) is 10.0 Å². The number of aromatic nitrogens is 3. The number of methoxy groups -OCH3 is 1. The summed E-state index contributed by atoms with van der Waals surface area (Å²) in [5, 5.41) is 6.31. The topological polar surface area (TPSA) is 162 Å². The molecule has 1 fully saturated rings. The van der Waals surface area contributed by atoms with Crippen LogP contribution in [0.15, 0.2) is 54.9 Å². The number of anilines is 1. The van der Waals surface area contributed by atoms with E-state index in [4.69, 9.17) is 42.4 Å². The summed E-state index contributed by atoms with van der Waals surface area (Å²) in [6.07, 6.45) is 6.33. The van der Waals surface area contributed by atoms with E-state index in [9.17, 15) is 19.2 Å². The summed E-state index contributed by atoms with van der Waals surface area (Å²) in [5.41, 5.74) is 2.03. The number of hydrogen-bond donors (Lipinski definition) is 2. The van der Waals surface area contributed by atoms with Gasteiger partial charge in [0.05, 0.1) is 47.4 Å². The first kappa shape index (κ1) is 39.2.